The van der Waals surface area contributed by atoms with Crippen LogP contribution in [0.5, 0.6) is 0 Å². The minimum Gasteiger partial charge on any atom is -0.467 e. The van der Waals surface area contributed by atoms with Crippen molar-refractivity contribution in [2.45, 2.75) is 0 Å². The highest BCUT2D eigenvalue weighted by Gasteiger charge is 2.09. The lowest BCUT2D eigenvalue weighted by molar-refractivity contribution is -0.146. The molecule has 0 heterocycles. The van der Waals surface area contributed by atoms with Crippen molar-refractivity contribution in [2.24, 2.45) is 0 Å². The fourth-order valence-electron chi connectivity index (χ4n) is 1.93. The first-order chi connectivity index (χ1) is 10.7. The van der Waals surface area contributed by atoms with E-state index in [0.29, 0.717) is 5.69 Å². The normalized spacial score (nSPS) is 10.0. The summed E-state index contributed by atoms with van der Waals surface area (Å²) in [7, 11) is 1.27. The van der Waals surface area contributed by atoms with Gasteiger partial charge in [0.15, 0.2) is 0 Å². The fraction of sp³-hybridized carbons (Fsp3) is 0.176. The Morgan fingerprint density at radius 1 is 0.955 bits per heavy atom. The lowest BCUT2D eigenvalue weighted by Gasteiger charge is -2.11. The van der Waals surface area contributed by atoms with Crippen LogP contribution in [-0.2, 0) is 19.1 Å². The smallest absolute Gasteiger partial charge is 0.331 e. The molecule has 1 amide bonds. The zero-order valence-corrected chi connectivity index (χ0v) is 12.2. The summed E-state index contributed by atoms with van der Waals surface area (Å²) in [6, 6.07) is 17.3. The maximum absolute atomic E-state index is 11.9. The summed E-state index contributed by atoms with van der Waals surface area (Å²) in [5.41, 5.74) is 2.62. The molecule has 0 aliphatic heterocycles. The highest BCUT2D eigenvalue weighted by Crippen LogP contribution is 2.27. The molecule has 22 heavy (non-hydrogen) atoms. The topological polar surface area (TPSA) is 64.6 Å². The SMILES string of the molecule is COC(=O)COCC(=O)Nc1ccccc1-c1ccccc1. The van der Waals surface area contributed by atoms with E-state index in [1.54, 1.807) is 0 Å². The Kier molecular flexibility index (Phi) is 5.68. The van der Waals surface area contributed by atoms with Crippen molar-refractivity contribution in [3.63, 3.8) is 0 Å². The number of methoxy groups -OCH3 is 1. The van der Waals surface area contributed by atoms with Gasteiger partial charge in [-0.3, -0.25) is 4.79 Å². The van der Waals surface area contributed by atoms with Crippen LogP contribution in [0.4, 0.5) is 5.69 Å². The van der Waals surface area contributed by atoms with Gasteiger partial charge in [0.2, 0.25) is 5.91 Å². The number of nitrogens with one attached hydrogen (secondary N) is 1. The molecule has 5 heteroatoms. The monoisotopic (exact) mass is 299 g/mol. The number of benzene rings is 2. The number of esters is 1. The van der Waals surface area contributed by atoms with Crippen molar-refractivity contribution in [3.05, 3.63) is 54.6 Å². The Bertz CT molecular complexity index is 640. The van der Waals surface area contributed by atoms with E-state index in [4.69, 9.17) is 4.74 Å². The Hall–Kier alpha value is -2.66. The summed E-state index contributed by atoms with van der Waals surface area (Å²) in [5, 5.41) is 2.78. The fourth-order valence-corrected chi connectivity index (χ4v) is 1.93. The van der Waals surface area contributed by atoms with Crippen molar-refractivity contribution in [1.82, 2.24) is 0 Å². The van der Waals surface area contributed by atoms with E-state index in [-0.39, 0.29) is 19.1 Å². The van der Waals surface area contributed by atoms with Crippen molar-refractivity contribution in [2.75, 3.05) is 25.6 Å². The summed E-state index contributed by atoms with van der Waals surface area (Å²) in [6.45, 7) is -0.456. The van der Waals surface area contributed by atoms with Crippen LogP contribution >= 0.6 is 0 Å². The molecule has 0 aliphatic rings. The van der Waals surface area contributed by atoms with Crippen LogP contribution in [0.1, 0.15) is 0 Å². The van der Waals surface area contributed by atoms with E-state index in [0.717, 1.165) is 11.1 Å². The Balaban J connectivity index is 2.01. The van der Waals surface area contributed by atoms with Crippen molar-refractivity contribution in [1.29, 1.82) is 0 Å². The van der Waals surface area contributed by atoms with Crippen LogP contribution < -0.4 is 5.32 Å². The van der Waals surface area contributed by atoms with Gasteiger partial charge in [-0.2, -0.15) is 0 Å². The molecule has 0 unspecified atom stereocenters. The molecule has 2 aromatic carbocycles. The number of ether oxygens (including phenoxy) is 2. The number of anilines is 1. The maximum atomic E-state index is 11.9. The Morgan fingerprint density at radius 2 is 1.64 bits per heavy atom. The van der Waals surface area contributed by atoms with Crippen molar-refractivity contribution < 1.29 is 19.1 Å². The third-order valence-corrected chi connectivity index (χ3v) is 2.97. The molecule has 0 aromatic heterocycles. The predicted molar refractivity (Wildman–Crippen MR) is 83.3 cm³/mol. The highest BCUT2D eigenvalue weighted by atomic mass is 16.6. The molecular formula is C17H17NO4. The number of hydrogen-bond acceptors (Lipinski definition) is 4. The van der Waals surface area contributed by atoms with Crippen molar-refractivity contribution >= 4 is 17.6 Å². The van der Waals surface area contributed by atoms with Gasteiger partial charge in [0.1, 0.15) is 13.2 Å². The van der Waals surface area contributed by atoms with E-state index >= 15 is 0 Å². The molecule has 0 saturated heterocycles. The molecule has 0 aliphatic carbocycles. The molecule has 114 valence electrons. The second-order valence-corrected chi connectivity index (χ2v) is 4.53. The molecule has 0 fully saturated rings. The number of amides is 1. The van der Waals surface area contributed by atoms with E-state index in [9.17, 15) is 9.59 Å². The predicted octanol–water partition coefficient (Wildman–Crippen LogP) is 2.48. The third kappa shape index (κ3) is 4.43. The molecule has 2 aromatic rings. The average Bonchev–Trinajstić information content (AvgIpc) is 2.56. The molecule has 1 N–H and O–H groups in total. The van der Waals surface area contributed by atoms with Crippen LogP contribution in [0.25, 0.3) is 11.1 Å². The van der Waals surface area contributed by atoms with Gasteiger partial charge >= 0.3 is 5.97 Å². The van der Waals surface area contributed by atoms with Crippen LogP contribution in [0.3, 0.4) is 0 Å². The lowest BCUT2D eigenvalue weighted by Crippen LogP contribution is -2.21. The van der Waals surface area contributed by atoms with Crippen LogP contribution in [-0.4, -0.2) is 32.2 Å². The minimum atomic E-state index is -0.516. The van der Waals surface area contributed by atoms with Crippen LogP contribution in [0.15, 0.2) is 54.6 Å². The van der Waals surface area contributed by atoms with Gasteiger partial charge < -0.3 is 14.8 Å². The van der Waals surface area contributed by atoms with Gasteiger partial charge in [-0.15, -0.1) is 0 Å². The Labute approximate surface area is 128 Å². The number of carbonyl (C=O) groups is 2. The minimum absolute atomic E-state index is 0.210. The molecular weight excluding hydrogens is 282 g/mol. The molecule has 2 rings (SSSR count). The zero-order chi connectivity index (χ0) is 15.8. The van der Waals surface area contributed by atoms with Gasteiger partial charge in [-0.1, -0.05) is 48.5 Å². The first-order valence-electron chi connectivity index (χ1n) is 6.79. The standard InChI is InChI=1S/C17H17NO4/c1-21-17(20)12-22-11-16(19)18-15-10-6-5-9-14(15)13-7-3-2-4-8-13/h2-10H,11-12H2,1H3,(H,18,19). The van der Waals surface area contributed by atoms with E-state index in [2.05, 4.69) is 10.1 Å². The van der Waals surface area contributed by atoms with E-state index in [1.165, 1.54) is 7.11 Å². The zero-order valence-electron chi connectivity index (χ0n) is 12.2. The van der Waals surface area contributed by atoms with Gasteiger partial charge in [0.05, 0.1) is 7.11 Å². The highest BCUT2D eigenvalue weighted by molar-refractivity contribution is 5.96. The Morgan fingerprint density at radius 3 is 2.36 bits per heavy atom. The molecule has 5 nitrogen and oxygen atoms in total. The van der Waals surface area contributed by atoms with Gasteiger partial charge in [0, 0.05) is 11.3 Å². The van der Waals surface area contributed by atoms with E-state index < -0.39 is 5.97 Å². The number of para-hydroxylation sites is 1. The summed E-state index contributed by atoms with van der Waals surface area (Å²) < 4.78 is 9.41. The van der Waals surface area contributed by atoms with Gasteiger partial charge in [-0.25, -0.2) is 4.79 Å². The van der Waals surface area contributed by atoms with Crippen LogP contribution in [0.2, 0.25) is 0 Å². The number of carbonyl (C=O) groups excluding carboxylic acids is 2. The largest absolute Gasteiger partial charge is 0.467 e. The molecule has 0 saturated carbocycles. The first kappa shape index (κ1) is 15.7. The summed E-state index contributed by atoms with van der Waals surface area (Å²) in [5.74, 6) is -0.843. The van der Waals surface area contributed by atoms with Crippen molar-refractivity contribution in [3.8, 4) is 11.1 Å². The number of rotatable bonds is 6. The quantitative estimate of drug-likeness (QED) is 0.832. The maximum Gasteiger partial charge on any atom is 0.331 e. The molecule has 0 radical (unpaired) electrons. The lowest BCUT2D eigenvalue weighted by atomic mass is 10.0. The first-order valence-corrected chi connectivity index (χ1v) is 6.79. The molecule has 0 bridgehead atoms. The summed E-state index contributed by atoms with van der Waals surface area (Å²) in [4.78, 5) is 22.8. The molecule has 0 atom stereocenters. The molecule has 0 spiro atoms. The average molecular weight is 299 g/mol. The van der Waals surface area contributed by atoms with Gasteiger partial charge in [-0.05, 0) is 11.6 Å². The number of hydrogen-bond donors (Lipinski definition) is 1. The van der Waals surface area contributed by atoms with Crippen LogP contribution in [0, 0.1) is 0 Å². The third-order valence-electron chi connectivity index (χ3n) is 2.97. The summed E-state index contributed by atoms with van der Waals surface area (Å²) in [6.07, 6.45) is 0. The second kappa shape index (κ2) is 7.95. The summed E-state index contributed by atoms with van der Waals surface area (Å²) >= 11 is 0. The van der Waals surface area contributed by atoms with Gasteiger partial charge in [0.25, 0.3) is 0 Å². The second-order valence-electron chi connectivity index (χ2n) is 4.53. The van der Waals surface area contributed by atoms with E-state index in [1.807, 2.05) is 54.6 Å².